The second-order valence-corrected chi connectivity index (χ2v) is 4.49. The average Bonchev–Trinajstić information content (AvgIpc) is 2.74. The minimum absolute atomic E-state index is 0.292. The molecule has 0 radical (unpaired) electrons. The predicted octanol–water partition coefficient (Wildman–Crippen LogP) is 2.73. The van der Waals surface area contributed by atoms with Crippen LogP contribution in [0, 0.1) is 0 Å². The normalized spacial score (nSPS) is 13.1. The Morgan fingerprint density at radius 2 is 2.06 bits per heavy atom. The summed E-state index contributed by atoms with van der Waals surface area (Å²) in [6, 6.07) is 8.72. The molecule has 3 nitrogen and oxygen atoms in total. The topological polar surface area (TPSA) is 43.8 Å². The maximum Gasteiger partial charge on any atom is 0.0703 e. The lowest BCUT2D eigenvalue weighted by atomic mass is 10.1. The molecule has 1 aromatic heterocycles. The van der Waals surface area contributed by atoms with Gasteiger partial charge >= 0.3 is 0 Å². The molecule has 3 heteroatoms. The number of nitrogens with zero attached hydrogens (tertiary/aromatic N) is 2. The first kappa shape index (κ1) is 12.1. The van der Waals surface area contributed by atoms with Crippen molar-refractivity contribution in [3.05, 3.63) is 30.0 Å². The van der Waals surface area contributed by atoms with E-state index in [1.54, 1.807) is 0 Å². The Morgan fingerprint density at radius 3 is 2.76 bits per heavy atom. The van der Waals surface area contributed by atoms with Gasteiger partial charge in [-0.1, -0.05) is 25.1 Å². The van der Waals surface area contributed by atoms with Gasteiger partial charge in [0.15, 0.2) is 0 Å². The summed E-state index contributed by atoms with van der Waals surface area (Å²) in [4.78, 5) is 0. The van der Waals surface area contributed by atoms with Crippen molar-refractivity contribution < 1.29 is 0 Å². The molecule has 2 aromatic rings. The number of hydrogen-bond acceptors (Lipinski definition) is 2. The third kappa shape index (κ3) is 2.50. The lowest BCUT2D eigenvalue weighted by Crippen LogP contribution is -2.19. The lowest BCUT2D eigenvalue weighted by Gasteiger charge is -2.06. The molecule has 1 atom stereocenters. The number of aryl methyl sites for hydroxylation is 2. The first-order valence-corrected chi connectivity index (χ1v) is 6.46. The molecule has 0 aliphatic carbocycles. The molecule has 17 heavy (non-hydrogen) atoms. The van der Waals surface area contributed by atoms with Gasteiger partial charge in [0.1, 0.15) is 0 Å². The summed E-state index contributed by atoms with van der Waals surface area (Å²) in [5.41, 5.74) is 8.39. The van der Waals surface area contributed by atoms with Crippen molar-refractivity contribution >= 4 is 10.9 Å². The summed E-state index contributed by atoms with van der Waals surface area (Å²) in [6.07, 6.45) is 3.02. The molecule has 1 heterocycles. The van der Waals surface area contributed by atoms with Crippen LogP contribution >= 0.6 is 0 Å². The van der Waals surface area contributed by atoms with Crippen LogP contribution in [0.5, 0.6) is 0 Å². The largest absolute Gasteiger partial charge is 0.328 e. The van der Waals surface area contributed by atoms with Gasteiger partial charge in [-0.3, -0.25) is 4.68 Å². The fourth-order valence-corrected chi connectivity index (χ4v) is 2.15. The highest BCUT2D eigenvalue weighted by Gasteiger charge is 2.09. The van der Waals surface area contributed by atoms with Gasteiger partial charge in [0.05, 0.1) is 11.2 Å². The number of rotatable bonds is 5. The Labute approximate surface area is 103 Å². The van der Waals surface area contributed by atoms with Crippen molar-refractivity contribution in [2.75, 3.05) is 0 Å². The van der Waals surface area contributed by atoms with Crippen LogP contribution in [0.3, 0.4) is 0 Å². The molecule has 92 valence electrons. The molecular weight excluding hydrogens is 210 g/mol. The molecule has 0 aliphatic heterocycles. The molecule has 1 aromatic carbocycles. The third-order valence-electron chi connectivity index (χ3n) is 3.31. The van der Waals surface area contributed by atoms with Gasteiger partial charge in [-0.2, -0.15) is 5.10 Å². The van der Waals surface area contributed by atoms with Crippen LogP contribution in [0.2, 0.25) is 0 Å². The van der Waals surface area contributed by atoms with Gasteiger partial charge in [0.25, 0.3) is 0 Å². The van der Waals surface area contributed by atoms with Crippen LogP contribution in [-0.4, -0.2) is 15.8 Å². The summed E-state index contributed by atoms with van der Waals surface area (Å²) >= 11 is 0. The Morgan fingerprint density at radius 1 is 1.29 bits per heavy atom. The van der Waals surface area contributed by atoms with Crippen molar-refractivity contribution in [2.45, 2.75) is 45.7 Å². The Kier molecular flexibility index (Phi) is 3.79. The van der Waals surface area contributed by atoms with E-state index in [4.69, 9.17) is 5.73 Å². The Hall–Kier alpha value is -1.35. The third-order valence-corrected chi connectivity index (χ3v) is 3.31. The Balaban J connectivity index is 2.28. The number of nitrogens with two attached hydrogens (primary N) is 1. The van der Waals surface area contributed by atoms with Crippen LogP contribution in [-0.2, 0) is 13.0 Å². The smallest absolute Gasteiger partial charge is 0.0703 e. The van der Waals surface area contributed by atoms with E-state index in [0.717, 1.165) is 25.8 Å². The quantitative estimate of drug-likeness (QED) is 0.860. The fourth-order valence-electron chi connectivity index (χ4n) is 2.15. The molecule has 0 saturated heterocycles. The molecule has 2 N–H and O–H groups in total. The summed E-state index contributed by atoms with van der Waals surface area (Å²) in [5.74, 6) is 0. The highest BCUT2D eigenvalue weighted by atomic mass is 15.3. The molecule has 0 fully saturated rings. The standard InChI is InChI=1S/C14H21N3/c1-3-11(15)9-10-13-12-7-5-6-8-14(12)17(4-2)16-13/h5-8,11H,3-4,9-10,15H2,1-2H3. The zero-order valence-corrected chi connectivity index (χ0v) is 10.7. The van der Waals surface area contributed by atoms with E-state index in [1.165, 1.54) is 16.6 Å². The van der Waals surface area contributed by atoms with Crippen LogP contribution in [0.4, 0.5) is 0 Å². The minimum atomic E-state index is 0.292. The SMILES string of the molecule is CCC(N)CCc1nn(CC)c2ccccc12. The number of para-hydroxylation sites is 1. The van der Waals surface area contributed by atoms with Crippen LogP contribution in [0.25, 0.3) is 10.9 Å². The fraction of sp³-hybridized carbons (Fsp3) is 0.500. The lowest BCUT2D eigenvalue weighted by molar-refractivity contribution is 0.583. The molecule has 2 rings (SSSR count). The van der Waals surface area contributed by atoms with Gasteiger partial charge in [-0.25, -0.2) is 0 Å². The summed E-state index contributed by atoms with van der Waals surface area (Å²) in [5, 5.41) is 5.95. The van der Waals surface area contributed by atoms with Crippen molar-refractivity contribution in [3.8, 4) is 0 Å². The van der Waals surface area contributed by atoms with E-state index in [9.17, 15) is 0 Å². The van der Waals surface area contributed by atoms with E-state index >= 15 is 0 Å². The minimum Gasteiger partial charge on any atom is -0.328 e. The molecule has 0 spiro atoms. The van der Waals surface area contributed by atoms with E-state index in [0.29, 0.717) is 6.04 Å². The van der Waals surface area contributed by atoms with Gasteiger partial charge in [-0.15, -0.1) is 0 Å². The van der Waals surface area contributed by atoms with Crippen molar-refractivity contribution in [1.82, 2.24) is 9.78 Å². The molecule has 0 aliphatic rings. The molecule has 1 unspecified atom stereocenters. The zero-order valence-electron chi connectivity index (χ0n) is 10.7. The summed E-state index contributed by atoms with van der Waals surface area (Å²) in [6.45, 7) is 5.18. The van der Waals surface area contributed by atoms with E-state index in [-0.39, 0.29) is 0 Å². The van der Waals surface area contributed by atoms with Crippen LogP contribution < -0.4 is 5.73 Å². The molecular formula is C14H21N3. The zero-order chi connectivity index (χ0) is 12.3. The monoisotopic (exact) mass is 231 g/mol. The second kappa shape index (κ2) is 5.32. The van der Waals surface area contributed by atoms with Crippen LogP contribution in [0.15, 0.2) is 24.3 Å². The maximum absolute atomic E-state index is 5.97. The van der Waals surface area contributed by atoms with Gasteiger partial charge in [0, 0.05) is 18.0 Å². The van der Waals surface area contributed by atoms with E-state index in [1.807, 2.05) is 0 Å². The molecule has 0 amide bonds. The summed E-state index contributed by atoms with van der Waals surface area (Å²) < 4.78 is 2.07. The second-order valence-electron chi connectivity index (χ2n) is 4.49. The number of benzene rings is 1. The Bertz CT molecular complexity index is 487. The highest BCUT2D eigenvalue weighted by Crippen LogP contribution is 2.20. The maximum atomic E-state index is 5.97. The number of hydrogen-bond donors (Lipinski definition) is 1. The van der Waals surface area contributed by atoms with Crippen LogP contribution in [0.1, 0.15) is 32.4 Å². The molecule has 0 saturated carbocycles. The average molecular weight is 231 g/mol. The van der Waals surface area contributed by atoms with Gasteiger partial charge in [-0.05, 0) is 32.3 Å². The van der Waals surface area contributed by atoms with Crippen molar-refractivity contribution in [1.29, 1.82) is 0 Å². The van der Waals surface area contributed by atoms with Gasteiger partial charge < -0.3 is 5.73 Å². The predicted molar refractivity (Wildman–Crippen MR) is 72.0 cm³/mol. The number of fused-ring (bicyclic) bond motifs is 1. The van der Waals surface area contributed by atoms with E-state index in [2.05, 4.69) is 47.9 Å². The van der Waals surface area contributed by atoms with Crippen molar-refractivity contribution in [2.24, 2.45) is 5.73 Å². The first-order chi connectivity index (χ1) is 8.26. The molecule has 0 bridgehead atoms. The first-order valence-electron chi connectivity index (χ1n) is 6.46. The van der Waals surface area contributed by atoms with Crippen molar-refractivity contribution in [3.63, 3.8) is 0 Å². The van der Waals surface area contributed by atoms with Gasteiger partial charge in [0.2, 0.25) is 0 Å². The summed E-state index contributed by atoms with van der Waals surface area (Å²) in [7, 11) is 0. The highest BCUT2D eigenvalue weighted by molar-refractivity contribution is 5.81. The van der Waals surface area contributed by atoms with E-state index < -0.39 is 0 Å². The number of aromatic nitrogens is 2.